The van der Waals surface area contributed by atoms with Crippen LogP contribution in [0.1, 0.15) is 24.2 Å². The topological polar surface area (TPSA) is 77.6 Å². The average molecular weight is 374 g/mol. The van der Waals surface area contributed by atoms with Crippen LogP contribution in [-0.2, 0) is 13.1 Å². The van der Waals surface area contributed by atoms with E-state index in [4.69, 9.17) is 4.98 Å². The number of hydrogen-bond donors (Lipinski definition) is 1. The number of pyridine rings is 1. The molecule has 0 aliphatic carbocycles. The maximum Gasteiger partial charge on any atom is 0.252 e. The molecule has 7 nitrogen and oxygen atoms in total. The van der Waals surface area contributed by atoms with Crippen molar-refractivity contribution in [2.75, 3.05) is 0 Å². The molecule has 142 valence electrons. The molecular weight excluding hydrogens is 352 g/mol. The number of carbonyl (C=O) groups is 1. The summed E-state index contributed by atoms with van der Waals surface area (Å²) >= 11 is 0. The van der Waals surface area contributed by atoms with Crippen molar-refractivity contribution in [1.29, 1.82) is 0 Å². The molecule has 0 aliphatic rings. The molecule has 1 unspecified atom stereocenters. The van der Waals surface area contributed by atoms with Crippen LogP contribution in [0.25, 0.3) is 22.3 Å². The molecule has 4 rings (SSSR count). The van der Waals surface area contributed by atoms with E-state index in [9.17, 15) is 4.79 Å². The van der Waals surface area contributed by atoms with Crippen LogP contribution in [-0.4, -0.2) is 36.5 Å². The molecule has 1 atom stereocenters. The zero-order valence-corrected chi connectivity index (χ0v) is 15.9. The Morgan fingerprint density at radius 2 is 2.00 bits per heavy atom. The smallest absolute Gasteiger partial charge is 0.252 e. The first-order valence-electron chi connectivity index (χ1n) is 9.36. The molecule has 3 heterocycles. The first-order valence-corrected chi connectivity index (χ1v) is 9.36. The van der Waals surface area contributed by atoms with Gasteiger partial charge in [0.25, 0.3) is 5.91 Å². The van der Waals surface area contributed by atoms with Crippen molar-refractivity contribution in [2.45, 2.75) is 33.0 Å². The van der Waals surface area contributed by atoms with Crippen LogP contribution >= 0.6 is 0 Å². The van der Waals surface area contributed by atoms with Gasteiger partial charge in [0, 0.05) is 30.5 Å². The molecular formula is C21H22N6O. The summed E-state index contributed by atoms with van der Waals surface area (Å²) in [5, 5.41) is 12.4. The number of benzene rings is 1. The van der Waals surface area contributed by atoms with Gasteiger partial charge in [0.15, 0.2) is 5.65 Å². The molecule has 0 aliphatic heterocycles. The molecule has 28 heavy (non-hydrogen) atoms. The van der Waals surface area contributed by atoms with Gasteiger partial charge >= 0.3 is 0 Å². The van der Waals surface area contributed by atoms with Gasteiger partial charge in [0.1, 0.15) is 0 Å². The minimum absolute atomic E-state index is 0.0722. The summed E-state index contributed by atoms with van der Waals surface area (Å²) in [6.45, 7) is 5.26. The van der Waals surface area contributed by atoms with Gasteiger partial charge < -0.3 is 5.32 Å². The summed E-state index contributed by atoms with van der Waals surface area (Å²) in [6, 6.07) is 13.5. The number of rotatable bonds is 6. The lowest BCUT2D eigenvalue weighted by molar-refractivity contribution is 0.0937. The largest absolute Gasteiger partial charge is 0.348 e. The number of fused-ring (bicyclic) bond motifs is 1. The Morgan fingerprint density at radius 1 is 1.18 bits per heavy atom. The summed E-state index contributed by atoms with van der Waals surface area (Å²) in [6.07, 6.45) is 5.33. The molecule has 7 heteroatoms. The molecule has 4 aromatic rings. The fraction of sp³-hybridized carbons (Fsp3) is 0.238. The van der Waals surface area contributed by atoms with E-state index < -0.39 is 0 Å². The molecule has 0 spiro atoms. The SMILES string of the molecule is CCn1ncc2c(C(=O)NC(C)Cn3cccn3)cc(-c3ccccc3)nc21. The Bertz CT molecular complexity index is 1090. The van der Waals surface area contributed by atoms with Gasteiger partial charge in [-0.3, -0.25) is 9.48 Å². The van der Waals surface area contributed by atoms with E-state index in [1.807, 2.05) is 67.2 Å². The van der Waals surface area contributed by atoms with Crippen molar-refractivity contribution in [3.63, 3.8) is 0 Å². The molecule has 1 aromatic carbocycles. The van der Waals surface area contributed by atoms with Crippen LogP contribution in [0.5, 0.6) is 0 Å². The Morgan fingerprint density at radius 3 is 2.71 bits per heavy atom. The predicted molar refractivity (Wildman–Crippen MR) is 108 cm³/mol. The first-order chi connectivity index (χ1) is 13.7. The fourth-order valence-electron chi connectivity index (χ4n) is 3.26. The zero-order chi connectivity index (χ0) is 19.5. The molecule has 3 aromatic heterocycles. The average Bonchev–Trinajstić information content (AvgIpc) is 3.37. The summed E-state index contributed by atoms with van der Waals surface area (Å²) in [7, 11) is 0. The second kappa shape index (κ2) is 7.64. The predicted octanol–water partition coefficient (Wildman–Crippen LogP) is 3.13. The standard InChI is InChI=1S/C21H22N6O/c1-3-27-20-18(13-23-27)17(12-19(25-20)16-8-5-4-6-9-16)21(28)24-15(2)14-26-11-7-10-22-26/h4-13,15H,3,14H2,1-2H3,(H,24,28). The fourth-order valence-corrected chi connectivity index (χ4v) is 3.26. The van der Waals surface area contributed by atoms with Crippen molar-refractivity contribution in [1.82, 2.24) is 29.9 Å². The van der Waals surface area contributed by atoms with E-state index in [-0.39, 0.29) is 11.9 Å². The van der Waals surface area contributed by atoms with Gasteiger partial charge in [-0.2, -0.15) is 10.2 Å². The minimum Gasteiger partial charge on any atom is -0.348 e. The van der Waals surface area contributed by atoms with Crippen molar-refractivity contribution >= 4 is 16.9 Å². The molecule has 0 saturated carbocycles. The number of nitrogens with zero attached hydrogens (tertiary/aromatic N) is 5. The van der Waals surface area contributed by atoms with Gasteiger partial charge in [-0.25, -0.2) is 9.67 Å². The van der Waals surface area contributed by atoms with E-state index in [1.54, 1.807) is 17.1 Å². The van der Waals surface area contributed by atoms with Gasteiger partial charge in [0.05, 0.1) is 29.4 Å². The third kappa shape index (κ3) is 3.51. The highest BCUT2D eigenvalue weighted by Gasteiger charge is 2.18. The number of hydrogen-bond acceptors (Lipinski definition) is 4. The highest BCUT2D eigenvalue weighted by Crippen LogP contribution is 2.25. The van der Waals surface area contributed by atoms with Gasteiger partial charge in [-0.05, 0) is 26.0 Å². The maximum absolute atomic E-state index is 13.1. The lowest BCUT2D eigenvalue weighted by Gasteiger charge is -2.15. The van der Waals surface area contributed by atoms with Crippen LogP contribution in [0.4, 0.5) is 0 Å². The summed E-state index contributed by atoms with van der Waals surface area (Å²) < 4.78 is 3.61. The molecule has 0 radical (unpaired) electrons. The van der Waals surface area contributed by atoms with E-state index in [2.05, 4.69) is 15.5 Å². The highest BCUT2D eigenvalue weighted by molar-refractivity contribution is 6.06. The quantitative estimate of drug-likeness (QED) is 0.562. The lowest BCUT2D eigenvalue weighted by atomic mass is 10.1. The molecule has 1 amide bonds. The van der Waals surface area contributed by atoms with Gasteiger partial charge in [-0.1, -0.05) is 30.3 Å². The highest BCUT2D eigenvalue weighted by atomic mass is 16.1. The van der Waals surface area contributed by atoms with Crippen molar-refractivity contribution in [3.05, 3.63) is 66.6 Å². The third-order valence-corrected chi connectivity index (χ3v) is 4.62. The van der Waals surface area contributed by atoms with Crippen LogP contribution in [0, 0.1) is 0 Å². The van der Waals surface area contributed by atoms with Crippen molar-refractivity contribution < 1.29 is 4.79 Å². The van der Waals surface area contributed by atoms with Crippen LogP contribution in [0.2, 0.25) is 0 Å². The number of aromatic nitrogens is 5. The number of aryl methyl sites for hydroxylation is 1. The van der Waals surface area contributed by atoms with Gasteiger partial charge in [-0.15, -0.1) is 0 Å². The zero-order valence-electron chi connectivity index (χ0n) is 15.9. The summed E-state index contributed by atoms with van der Waals surface area (Å²) in [5.41, 5.74) is 3.02. The minimum atomic E-state index is -0.139. The Hall–Kier alpha value is -3.48. The normalized spacial score (nSPS) is 12.2. The van der Waals surface area contributed by atoms with Crippen LogP contribution in [0.3, 0.4) is 0 Å². The summed E-state index contributed by atoms with van der Waals surface area (Å²) in [4.78, 5) is 17.8. The van der Waals surface area contributed by atoms with Crippen molar-refractivity contribution in [2.24, 2.45) is 0 Å². The van der Waals surface area contributed by atoms with Crippen LogP contribution < -0.4 is 5.32 Å². The molecule has 1 N–H and O–H groups in total. The van der Waals surface area contributed by atoms with Crippen LogP contribution in [0.15, 0.2) is 61.1 Å². The molecule has 0 bridgehead atoms. The first kappa shape index (κ1) is 17.9. The van der Waals surface area contributed by atoms with Gasteiger partial charge in [0.2, 0.25) is 0 Å². The maximum atomic E-state index is 13.1. The summed E-state index contributed by atoms with van der Waals surface area (Å²) in [5.74, 6) is -0.139. The third-order valence-electron chi connectivity index (χ3n) is 4.62. The molecule has 0 saturated heterocycles. The Kier molecular flexibility index (Phi) is 4.89. The van der Waals surface area contributed by atoms with E-state index in [0.29, 0.717) is 24.3 Å². The number of nitrogens with one attached hydrogen (secondary N) is 1. The number of carbonyl (C=O) groups excluding carboxylic acids is 1. The second-order valence-electron chi connectivity index (χ2n) is 6.72. The van der Waals surface area contributed by atoms with Crippen molar-refractivity contribution in [3.8, 4) is 11.3 Å². The number of amides is 1. The Balaban J connectivity index is 1.70. The lowest BCUT2D eigenvalue weighted by Crippen LogP contribution is -2.36. The van der Waals surface area contributed by atoms with E-state index in [1.165, 1.54) is 0 Å². The Labute approximate surface area is 163 Å². The molecule has 0 fully saturated rings. The monoisotopic (exact) mass is 374 g/mol. The second-order valence-corrected chi connectivity index (χ2v) is 6.72. The van der Waals surface area contributed by atoms with E-state index in [0.717, 1.165) is 16.6 Å². The van der Waals surface area contributed by atoms with E-state index >= 15 is 0 Å².